The number of urea groups is 1. The molecule has 11 heteroatoms. The first kappa shape index (κ1) is 24.9. The molecule has 3 rings (SSSR count). The first-order valence-electron chi connectivity index (χ1n) is 10.1. The van der Waals surface area contributed by atoms with Crippen molar-refractivity contribution in [3.05, 3.63) is 79.4 Å². The average Bonchev–Trinajstić information content (AvgIpc) is 2.79. The van der Waals surface area contributed by atoms with Crippen molar-refractivity contribution in [2.24, 2.45) is 0 Å². The summed E-state index contributed by atoms with van der Waals surface area (Å²) in [6, 6.07) is 8.53. The summed E-state index contributed by atoms with van der Waals surface area (Å²) >= 11 is 2.05. The molecule has 1 aliphatic heterocycles. The van der Waals surface area contributed by atoms with Gasteiger partial charge >= 0.3 is 6.03 Å². The molecule has 0 spiro atoms. The summed E-state index contributed by atoms with van der Waals surface area (Å²) in [5, 5.41) is 13.0. The zero-order chi connectivity index (χ0) is 24.8. The number of imide groups is 2. The first-order chi connectivity index (χ1) is 16.2. The van der Waals surface area contributed by atoms with E-state index < -0.39 is 22.8 Å². The van der Waals surface area contributed by atoms with E-state index in [0.717, 1.165) is 10.5 Å². The molecule has 0 aromatic heterocycles. The van der Waals surface area contributed by atoms with Crippen LogP contribution in [0.25, 0.3) is 6.08 Å². The standard InChI is InChI=1S/C23H20IN3O7/c1-3-9-26-22(29)17(21(28)25-23(26)30)10-15-11-18(24)20(19(12-15)33-4-2)34-13-14-5-7-16(8-6-14)27(31)32/h3,5-8,10-12H,1,4,9,13H2,2H3,(H,25,28,30)/b17-10-. The van der Waals surface area contributed by atoms with E-state index >= 15 is 0 Å². The number of hydrogen-bond donors (Lipinski definition) is 1. The minimum atomic E-state index is -0.799. The van der Waals surface area contributed by atoms with Crippen molar-refractivity contribution in [3.63, 3.8) is 0 Å². The Balaban J connectivity index is 1.88. The number of nitrogens with one attached hydrogen (secondary N) is 1. The first-order valence-corrected chi connectivity index (χ1v) is 11.1. The molecule has 1 aliphatic rings. The van der Waals surface area contributed by atoms with Crippen LogP contribution < -0.4 is 14.8 Å². The lowest BCUT2D eigenvalue weighted by Crippen LogP contribution is -2.54. The maximum Gasteiger partial charge on any atom is 0.331 e. The smallest absolute Gasteiger partial charge is 0.331 e. The number of amides is 4. The van der Waals surface area contributed by atoms with Crippen molar-refractivity contribution < 1.29 is 28.8 Å². The summed E-state index contributed by atoms with van der Waals surface area (Å²) in [6.45, 7) is 5.77. The molecule has 2 aromatic carbocycles. The molecule has 0 radical (unpaired) electrons. The fourth-order valence-corrected chi connectivity index (χ4v) is 3.88. The quantitative estimate of drug-likeness (QED) is 0.120. The Morgan fingerprint density at radius 2 is 1.88 bits per heavy atom. The molecule has 0 bridgehead atoms. The van der Waals surface area contributed by atoms with Gasteiger partial charge in [0.05, 0.1) is 15.1 Å². The van der Waals surface area contributed by atoms with Crippen LogP contribution in [0.4, 0.5) is 10.5 Å². The minimum Gasteiger partial charge on any atom is -0.490 e. The number of non-ortho nitro benzene ring substituents is 1. The Bertz CT molecular complexity index is 1190. The van der Waals surface area contributed by atoms with E-state index in [1.54, 1.807) is 31.2 Å². The van der Waals surface area contributed by atoms with Gasteiger partial charge in [-0.1, -0.05) is 6.08 Å². The largest absolute Gasteiger partial charge is 0.490 e. The Hall–Kier alpha value is -3.74. The highest BCUT2D eigenvalue weighted by molar-refractivity contribution is 14.1. The van der Waals surface area contributed by atoms with Crippen molar-refractivity contribution >= 4 is 52.2 Å². The van der Waals surface area contributed by atoms with Crippen molar-refractivity contribution in [2.45, 2.75) is 13.5 Å². The second-order valence-corrected chi connectivity index (χ2v) is 8.16. The number of barbiturate groups is 1. The summed E-state index contributed by atoms with van der Waals surface area (Å²) in [7, 11) is 0. The number of nitrogens with zero attached hydrogens (tertiary/aromatic N) is 2. The molecule has 34 heavy (non-hydrogen) atoms. The summed E-state index contributed by atoms with van der Waals surface area (Å²) in [4.78, 5) is 48.1. The number of nitro benzene ring substituents is 1. The van der Waals surface area contributed by atoms with Gasteiger partial charge in [0.25, 0.3) is 17.5 Å². The van der Waals surface area contributed by atoms with E-state index in [4.69, 9.17) is 9.47 Å². The highest BCUT2D eigenvalue weighted by Crippen LogP contribution is 2.36. The van der Waals surface area contributed by atoms with E-state index in [1.165, 1.54) is 24.3 Å². The molecular weight excluding hydrogens is 557 g/mol. The van der Waals surface area contributed by atoms with E-state index in [0.29, 0.717) is 27.2 Å². The van der Waals surface area contributed by atoms with Crippen molar-refractivity contribution in [1.82, 2.24) is 10.2 Å². The van der Waals surface area contributed by atoms with Gasteiger partial charge in [0.15, 0.2) is 11.5 Å². The van der Waals surface area contributed by atoms with Crippen molar-refractivity contribution in [3.8, 4) is 11.5 Å². The monoisotopic (exact) mass is 577 g/mol. The third-order valence-electron chi connectivity index (χ3n) is 4.67. The number of ether oxygens (including phenoxy) is 2. The molecule has 10 nitrogen and oxygen atoms in total. The normalized spacial score (nSPS) is 14.7. The number of hydrogen-bond acceptors (Lipinski definition) is 7. The Morgan fingerprint density at radius 3 is 2.50 bits per heavy atom. The van der Waals surface area contributed by atoms with Crippen LogP contribution in [-0.4, -0.2) is 40.8 Å². The zero-order valence-electron chi connectivity index (χ0n) is 18.1. The van der Waals surface area contributed by atoms with E-state index in [9.17, 15) is 24.5 Å². The van der Waals surface area contributed by atoms with Gasteiger partial charge in [0.2, 0.25) is 0 Å². The van der Waals surface area contributed by atoms with Crippen LogP contribution in [0.3, 0.4) is 0 Å². The highest BCUT2D eigenvalue weighted by atomic mass is 127. The summed E-state index contributed by atoms with van der Waals surface area (Å²) in [6.07, 6.45) is 2.77. The van der Waals surface area contributed by atoms with Gasteiger partial charge in [0, 0.05) is 18.7 Å². The number of carbonyl (C=O) groups is 3. The summed E-state index contributed by atoms with van der Waals surface area (Å²) in [5.41, 5.74) is 1.02. The SMILES string of the molecule is C=CCN1C(=O)NC(=O)/C(=C/c2cc(I)c(OCc3ccc([N+](=O)[O-])cc3)c(OCC)c2)C1=O. The van der Waals surface area contributed by atoms with Crippen LogP contribution in [0.2, 0.25) is 0 Å². The summed E-state index contributed by atoms with van der Waals surface area (Å²) in [5.74, 6) is -0.668. The van der Waals surface area contributed by atoms with E-state index in [2.05, 4.69) is 11.9 Å². The molecular formula is C23H20IN3O7. The predicted molar refractivity (Wildman–Crippen MR) is 131 cm³/mol. The van der Waals surface area contributed by atoms with Crippen LogP contribution in [0, 0.1) is 13.7 Å². The van der Waals surface area contributed by atoms with E-state index in [-0.39, 0.29) is 24.4 Å². The van der Waals surface area contributed by atoms with Crippen LogP contribution in [0.15, 0.2) is 54.6 Å². The topological polar surface area (TPSA) is 128 Å². The highest BCUT2D eigenvalue weighted by Gasteiger charge is 2.35. The van der Waals surface area contributed by atoms with Gasteiger partial charge in [-0.2, -0.15) is 0 Å². The molecule has 1 heterocycles. The molecule has 176 valence electrons. The summed E-state index contributed by atoms with van der Waals surface area (Å²) < 4.78 is 12.3. The van der Waals surface area contributed by atoms with Crippen molar-refractivity contribution in [2.75, 3.05) is 13.2 Å². The number of carbonyl (C=O) groups excluding carboxylic acids is 3. The third kappa shape index (κ3) is 5.60. The molecule has 0 unspecified atom stereocenters. The third-order valence-corrected chi connectivity index (χ3v) is 5.47. The van der Waals surface area contributed by atoms with Crippen LogP contribution in [-0.2, 0) is 16.2 Å². The van der Waals surface area contributed by atoms with Gasteiger partial charge in [0.1, 0.15) is 12.2 Å². The van der Waals surface area contributed by atoms with Gasteiger partial charge in [-0.3, -0.25) is 29.9 Å². The second-order valence-electron chi connectivity index (χ2n) is 7.00. The van der Waals surface area contributed by atoms with Crippen molar-refractivity contribution in [1.29, 1.82) is 0 Å². The van der Waals surface area contributed by atoms with Gasteiger partial charge in [-0.25, -0.2) is 4.79 Å². The Labute approximate surface area is 208 Å². The van der Waals surface area contributed by atoms with Crippen LogP contribution in [0.1, 0.15) is 18.1 Å². The van der Waals surface area contributed by atoms with Gasteiger partial charge in [-0.15, -0.1) is 6.58 Å². The van der Waals surface area contributed by atoms with Gasteiger partial charge in [-0.05, 0) is 71.0 Å². The molecule has 0 atom stereocenters. The number of nitro groups is 1. The fraction of sp³-hybridized carbons (Fsp3) is 0.174. The molecule has 0 aliphatic carbocycles. The Kier molecular flexibility index (Phi) is 7.99. The van der Waals surface area contributed by atoms with Crippen LogP contribution >= 0.6 is 22.6 Å². The second kappa shape index (κ2) is 10.9. The zero-order valence-corrected chi connectivity index (χ0v) is 20.2. The lowest BCUT2D eigenvalue weighted by Gasteiger charge is -2.25. The molecule has 1 fully saturated rings. The predicted octanol–water partition coefficient (Wildman–Crippen LogP) is 3.82. The number of halogens is 1. The molecule has 1 N–H and O–H groups in total. The molecule has 1 saturated heterocycles. The maximum absolute atomic E-state index is 12.7. The minimum absolute atomic E-state index is 0.0135. The number of benzene rings is 2. The van der Waals surface area contributed by atoms with Crippen LogP contribution in [0.5, 0.6) is 11.5 Å². The Morgan fingerprint density at radius 1 is 1.18 bits per heavy atom. The average molecular weight is 577 g/mol. The van der Waals surface area contributed by atoms with E-state index in [1.807, 2.05) is 22.6 Å². The lowest BCUT2D eigenvalue weighted by molar-refractivity contribution is -0.384. The molecule has 2 aromatic rings. The lowest BCUT2D eigenvalue weighted by atomic mass is 10.1. The fourth-order valence-electron chi connectivity index (χ4n) is 3.10. The maximum atomic E-state index is 12.7. The molecule has 0 saturated carbocycles. The van der Waals surface area contributed by atoms with Gasteiger partial charge < -0.3 is 9.47 Å². The molecule has 4 amide bonds. The number of rotatable bonds is 9.